The van der Waals surface area contributed by atoms with E-state index in [0.717, 1.165) is 11.1 Å². The molecular formula is C21H17NO6. The molecule has 0 bridgehead atoms. The molecule has 0 aliphatic carbocycles. The van der Waals surface area contributed by atoms with Crippen molar-refractivity contribution >= 4 is 5.69 Å². The van der Waals surface area contributed by atoms with E-state index in [9.17, 15) is 10.1 Å². The highest BCUT2D eigenvalue weighted by atomic mass is 16.7. The number of benzene rings is 3. The van der Waals surface area contributed by atoms with Crippen molar-refractivity contribution in [3.63, 3.8) is 0 Å². The molecule has 0 saturated carbocycles. The Bertz CT molecular complexity index is 967. The zero-order valence-electron chi connectivity index (χ0n) is 15.2. The van der Waals surface area contributed by atoms with E-state index in [0.29, 0.717) is 23.0 Å². The molecule has 0 atom stereocenters. The van der Waals surface area contributed by atoms with Gasteiger partial charge in [0.1, 0.15) is 11.5 Å². The van der Waals surface area contributed by atoms with Crippen molar-refractivity contribution in [3.05, 3.63) is 88.0 Å². The summed E-state index contributed by atoms with van der Waals surface area (Å²) in [5.74, 6) is 0.841. The Morgan fingerprint density at radius 1 is 0.786 bits per heavy atom. The second kappa shape index (κ2) is 6.77. The molecule has 0 radical (unpaired) electrons. The van der Waals surface area contributed by atoms with Crippen LogP contribution in [0.5, 0.6) is 23.0 Å². The van der Waals surface area contributed by atoms with Gasteiger partial charge >= 0.3 is 5.79 Å². The predicted molar refractivity (Wildman–Crippen MR) is 101 cm³/mol. The van der Waals surface area contributed by atoms with E-state index in [2.05, 4.69) is 0 Å². The zero-order chi connectivity index (χ0) is 19.7. The van der Waals surface area contributed by atoms with E-state index in [1.54, 1.807) is 44.6 Å². The van der Waals surface area contributed by atoms with Crippen molar-refractivity contribution in [2.45, 2.75) is 5.79 Å². The molecule has 7 nitrogen and oxygen atoms in total. The van der Waals surface area contributed by atoms with Gasteiger partial charge in [-0.15, -0.1) is 0 Å². The Morgan fingerprint density at radius 2 is 1.29 bits per heavy atom. The highest BCUT2D eigenvalue weighted by Gasteiger charge is 2.46. The van der Waals surface area contributed by atoms with Gasteiger partial charge in [0.15, 0.2) is 11.5 Å². The molecule has 0 amide bonds. The summed E-state index contributed by atoms with van der Waals surface area (Å²) >= 11 is 0. The molecule has 3 aromatic rings. The number of non-ortho nitro benzene ring substituents is 1. The molecule has 0 aromatic heterocycles. The summed E-state index contributed by atoms with van der Waals surface area (Å²) in [6.07, 6.45) is 0. The van der Waals surface area contributed by atoms with Crippen molar-refractivity contribution in [1.82, 2.24) is 0 Å². The smallest absolute Gasteiger partial charge is 0.305 e. The van der Waals surface area contributed by atoms with E-state index < -0.39 is 10.7 Å². The van der Waals surface area contributed by atoms with Gasteiger partial charge in [-0.1, -0.05) is 0 Å². The third-order valence-electron chi connectivity index (χ3n) is 4.59. The Morgan fingerprint density at radius 3 is 1.75 bits per heavy atom. The van der Waals surface area contributed by atoms with E-state index in [4.69, 9.17) is 18.9 Å². The summed E-state index contributed by atoms with van der Waals surface area (Å²) in [4.78, 5) is 10.7. The first kappa shape index (κ1) is 17.7. The van der Waals surface area contributed by atoms with Crippen LogP contribution in [-0.4, -0.2) is 19.1 Å². The van der Waals surface area contributed by atoms with Gasteiger partial charge in [0, 0.05) is 17.2 Å². The molecule has 0 unspecified atom stereocenters. The largest absolute Gasteiger partial charge is 0.497 e. The van der Waals surface area contributed by atoms with Gasteiger partial charge in [0.05, 0.1) is 25.2 Å². The van der Waals surface area contributed by atoms with E-state index >= 15 is 0 Å². The summed E-state index contributed by atoms with van der Waals surface area (Å²) < 4.78 is 22.9. The van der Waals surface area contributed by atoms with Crippen LogP contribution in [0.3, 0.4) is 0 Å². The van der Waals surface area contributed by atoms with Gasteiger partial charge in [0.2, 0.25) is 0 Å². The van der Waals surface area contributed by atoms with E-state index in [-0.39, 0.29) is 5.69 Å². The third-order valence-corrected chi connectivity index (χ3v) is 4.59. The van der Waals surface area contributed by atoms with Gasteiger partial charge in [-0.3, -0.25) is 10.1 Å². The maximum absolute atomic E-state index is 11.1. The minimum Gasteiger partial charge on any atom is -0.497 e. The molecule has 28 heavy (non-hydrogen) atoms. The van der Waals surface area contributed by atoms with Crippen LogP contribution in [-0.2, 0) is 5.79 Å². The minimum absolute atomic E-state index is 0.0670. The number of hydrogen-bond donors (Lipinski definition) is 0. The number of ether oxygens (including phenoxy) is 4. The molecule has 142 valence electrons. The average molecular weight is 379 g/mol. The number of rotatable bonds is 5. The molecule has 1 heterocycles. The van der Waals surface area contributed by atoms with Crippen molar-refractivity contribution < 1.29 is 23.9 Å². The fourth-order valence-electron chi connectivity index (χ4n) is 3.13. The van der Waals surface area contributed by atoms with Gasteiger partial charge in [-0.2, -0.15) is 0 Å². The van der Waals surface area contributed by atoms with Crippen LogP contribution >= 0.6 is 0 Å². The minimum atomic E-state index is -1.28. The fourth-order valence-corrected chi connectivity index (χ4v) is 3.13. The summed E-state index contributed by atoms with van der Waals surface area (Å²) in [7, 11) is 3.18. The molecule has 4 rings (SSSR count). The molecule has 7 heteroatoms. The molecule has 0 spiro atoms. The van der Waals surface area contributed by atoms with Crippen LogP contribution in [0.25, 0.3) is 0 Å². The van der Waals surface area contributed by atoms with Gasteiger partial charge in [-0.05, 0) is 54.6 Å². The van der Waals surface area contributed by atoms with Gasteiger partial charge in [-0.25, -0.2) is 0 Å². The van der Waals surface area contributed by atoms with Crippen LogP contribution in [0.2, 0.25) is 0 Å². The Hall–Kier alpha value is -3.74. The summed E-state index contributed by atoms with van der Waals surface area (Å²) in [6, 6.07) is 18.9. The van der Waals surface area contributed by atoms with E-state index in [1.165, 1.54) is 12.1 Å². The van der Waals surface area contributed by atoms with Crippen LogP contribution in [0, 0.1) is 10.1 Å². The monoisotopic (exact) mass is 379 g/mol. The predicted octanol–water partition coefficient (Wildman–Crippen LogP) is 4.28. The number of methoxy groups -OCH3 is 2. The normalized spacial score (nSPS) is 13.8. The standard InChI is InChI=1S/C21H17NO6/c1-25-17-8-3-14(4-9-17)21(15-5-10-18(26-2)11-6-15)27-19-12-7-16(22(23)24)13-20(19)28-21/h3-13H,1-2H3. The number of fused-ring (bicyclic) bond motifs is 1. The Kier molecular flexibility index (Phi) is 4.27. The molecule has 1 aliphatic heterocycles. The number of nitro benzene ring substituents is 1. The lowest BCUT2D eigenvalue weighted by molar-refractivity contribution is -0.384. The molecule has 1 aliphatic rings. The quantitative estimate of drug-likeness (QED) is 0.486. The fraction of sp³-hybridized carbons (Fsp3) is 0.143. The maximum atomic E-state index is 11.1. The maximum Gasteiger partial charge on any atom is 0.305 e. The summed E-state index contributed by atoms with van der Waals surface area (Å²) in [5.41, 5.74) is 1.37. The lowest BCUT2D eigenvalue weighted by Crippen LogP contribution is -2.36. The second-order valence-corrected chi connectivity index (χ2v) is 6.17. The number of hydrogen-bond acceptors (Lipinski definition) is 6. The summed E-state index contributed by atoms with van der Waals surface area (Å²) in [5, 5.41) is 11.1. The Balaban J connectivity index is 1.83. The average Bonchev–Trinajstić information content (AvgIpc) is 3.13. The van der Waals surface area contributed by atoms with Crippen molar-refractivity contribution in [2.75, 3.05) is 14.2 Å². The van der Waals surface area contributed by atoms with Crippen molar-refractivity contribution in [3.8, 4) is 23.0 Å². The van der Waals surface area contributed by atoms with Crippen LogP contribution < -0.4 is 18.9 Å². The van der Waals surface area contributed by atoms with Crippen LogP contribution in [0.1, 0.15) is 11.1 Å². The topological polar surface area (TPSA) is 80.1 Å². The first-order valence-electron chi connectivity index (χ1n) is 8.51. The Labute approximate surface area is 161 Å². The third kappa shape index (κ3) is 2.87. The van der Waals surface area contributed by atoms with Crippen molar-refractivity contribution in [1.29, 1.82) is 0 Å². The van der Waals surface area contributed by atoms with Crippen LogP contribution in [0.4, 0.5) is 5.69 Å². The van der Waals surface area contributed by atoms with E-state index in [1.807, 2.05) is 24.3 Å². The molecule has 0 fully saturated rings. The molecule has 0 N–H and O–H groups in total. The molecule has 0 saturated heterocycles. The highest BCUT2D eigenvalue weighted by molar-refractivity contribution is 5.54. The number of nitro groups is 1. The first-order chi connectivity index (χ1) is 13.6. The van der Waals surface area contributed by atoms with Gasteiger partial charge in [0.25, 0.3) is 5.69 Å². The molecular weight excluding hydrogens is 362 g/mol. The summed E-state index contributed by atoms with van der Waals surface area (Å²) in [6.45, 7) is 0. The van der Waals surface area contributed by atoms with Crippen molar-refractivity contribution in [2.24, 2.45) is 0 Å². The zero-order valence-corrected chi connectivity index (χ0v) is 15.2. The second-order valence-electron chi connectivity index (χ2n) is 6.17. The first-order valence-corrected chi connectivity index (χ1v) is 8.51. The van der Waals surface area contributed by atoms with Gasteiger partial charge < -0.3 is 18.9 Å². The number of nitrogens with zero attached hydrogens (tertiary/aromatic N) is 1. The molecule has 3 aromatic carbocycles. The lowest BCUT2D eigenvalue weighted by atomic mass is 9.97. The van der Waals surface area contributed by atoms with Crippen LogP contribution in [0.15, 0.2) is 66.7 Å². The highest BCUT2D eigenvalue weighted by Crippen LogP contribution is 2.49. The SMILES string of the molecule is COc1ccc(C2(c3ccc(OC)cc3)Oc3ccc([N+](=O)[O-])cc3O2)cc1. The lowest BCUT2D eigenvalue weighted by Gasteiger charge is -2.28.